The molecule has 0 aromatic rings. The van der Waals surface area contributed by atoms with Crippen LogP contribution in [0.15, 0.2) is 0 Å². The van der Waals surface area contributed by atoms with Crippen LogP contribution in [0, 0.1) is 0 Å². The van der Waals surface area contributed by atoms with E-state index in [2.05, 4.69) is 11.7 Å². The van der Waals surface area contributed by atoms with Crippen LogP contribution in [-0.2, 0) is 37.6 Å². The summed E-state index contributed by atoms with van der Waals surface area (Å²) >= 11 is 13.6. The lowest BCUT2D eigenvalue weighted by molar-refractivity contribution is 0.621. The molecule has 0 rings (SSSR count). The van der Waals surface area contributed by atoms with Gasteiger partial charge in [-0.15, -0.1) is 0 Å². The zero-order chi connectivity index (χ0) is 8.91. The Kier molecular flexibility index (Phi) is 9.16. The highest BCUT2D eigenvalue weighted by atomic mass is 34.0. The molecule has 0 heterocycles. The molecule has 1 nitrogen and oxygen atoms in total. The summed E-state index contributed by atoms with van der Waals surface area (Å²) in [6.07, 6.45) is 0. The zero-order valence-electron chi connectivity index (χ0n) is 4.70. The first kappa shape index (κ1) is 13.9. The average Bonchev–Trinajstić information content (AvgIpc) is 1.88. The smallest absolute Gasteiger partial charge is 0.480 e. The molecule has 0 saturated heterocycles. The van der Waals surface area contributed by atoms with Gasteiger partial charge in [-0.3, -0.25) is 0 Å². The van der Waals surface area contributed by atoms with Gasteiger partial charge in [-0.25, -0.2) is 0 Å². The van der Waals surface area contributed by atoms with Crippen LogP contribution in [0.3, 0.4) is 0 Å². The minimum Gasteiger partial charge on any atom is -0.624 e. The van der Waals surface area contributed by atoms with Crippen molar-refractivity contribution < 1.29 is 4.55 Å². The van der Waals surface area contributed by atoms with E-state index in [9.17, 15) is 4.55 Å². The van der Waals surface area contributed by atoms with E-state index >= 15 is 0 Å². The van der Waals surface area contributed by atoms with Gasteiger partial charge >= 0.3 is 7.12 Å². The molecule has 0 aliphatic carbocycles. The van der Waals surface area contributed by atoms with E-state index in [1.165, 1.54) is 39.3 Å². The first-order chi connectivity index (χ1) is 5.00. The molecule has 0 bridgehead atoms. The summed E-state index contributed by atoms with van der Waals surface area (Å²) in [5, 5.41) is -2.04. The van der Waals surface area contributed by atoms with Crippen molar-refractivity contribution in [2.75, 3.05) is 0 Å². The molecule has 64 valence electrons. The summed E-state index contributed by atoms with van der Waals surface area (Å²) in [5.41, 5.74) is 0. The van der Waals surface area contributed by atoms with Crippen LogP contribution in [0.1, 0.15) is 0 Å². The molecule has 0 aromatic carbocycles. The summed E-state index contributed by atoms with van der Waals surface area (Å²) < 4.78 is 10.7. The molecular formula is HBOS9. The maximum atomic E-state index is 10.7. The molecule has 1 unspecified atom stereocenters. The van der Waals surface area contributed by atoms with Gasteiger partial charge in [0.2, 0.25) is 0 Å². The Morgan fingerprint density at radius 3 is 2.36 bits per heavy atom. The second-order valence-electron chi connectivity index (χ2n) is 0.947. The van der Waals surface area contributed by atoms with Gasteiger partial charge in [-0.2, -0.15) is 0 Å². The highest BCUT2D eigenvalue weighted by Gasteiger charge is 2.13. The van der Waals surface area contributed by atoms with Gasteiger partial charge in [-0.1, -0.05) is 11.7 Å². The molecule has 0 fully saturated rings. The van der Waals surface area contributed by atoms with Gasteiger partial charge in [-0.05, 0) is 29.7 Å². The monoisotopic (exact) mass is 316 g/mol. The van der Waals surface area contributed by atoms with Crippen LogP contribution in [-0.4, -0.2) is 11.7 Å². The fraction of sp³-hybridized carbons (Fsp3) is 0. The topological polar surface area (TPSA) is 23.1 Å². The van der Waals surface area contributed by atoms with Crippen molar-refractivity contribution in [3.05, 3.63) is 0 Å². The van der Waals surface area contributed by atoms with Gasteiger partial charge in [0.25, 0.3) is 0 Å². The Bertz CT molecular complexity index is 178. The van der Waals surface area contributed by atoms with Crippen molar-refractivity contribution in [3.63, 3.8) is 0 Å². The van der Waals surface area contributed by atoms with Crippen molar-refractivity contribution in [1.29, 1.82) is 0 Å². The molecule has 0 spiro atoms. The maximum absolute atomic E-state index is 10.7. The maximum Gasteiger partial charge on any atom is 0.480 e. The fourth-order valence-electron chi connectivity index (χ4n) is 0.0852. The van der Waals surface area contributed by atoms with Crippen molar-refractivity contribution in [1.82, 2.24) is 0 Å². The van der Waals surface area contributed by atoms with E-state index < -0.39 is 15.3 Å². The largest absolute Gasteiger partial charge is 0.624 e. The molecule has 0 aliphatic heterocycles. The summed E-state index contributed by atoms with van der Waals surface area (Å²) in [6, 6.07) is 0. The summed E-state index contributed by atoms with van der Waals surface area (Å²) in [5.74, 6) is 0. The molecule has 0 aliphatic rings. The third-order valence-corrected chi connectivity index (χ3v) is 19.1. The van der Waals surface area contributed by atoms with Gasteiger partial charge in [0, 0.05) is 42.0 Å². The Labute approximate surface area is 98.8 Å². The molecule has 0 N–H and O–H groups in total. The van der Waals surface area contributed by atoms with Crippen LogP contribution in [0.5, 0.6) is 0 Å². The predicted octanol–water partition coefficient (Wildman–Crippen LogP) is 2.25. The van der Waals surface area contributed by atoms with E-state index in [1.807, 2.05) is 0 Å². The molecule has 1 atom stereocenters. The molecule has 0 aromatic heterocycles. The third kappa shape index (κ3) is 6.92. The quantitative estimate of drug-likeness (QED) is 0.273. The van der Waals surface area contributed by atoms with Gasteiger partial charge in [0.15, 0.2) is 0 Å². The van der Waals surface area contributed by atoms with Crippen LogP contribution in [0.2, 0.25) is 0 Å². The van der Waals surface area contributed by atoms with Crippen LogP contribution in [0.25, 0.3) is 0 Å². The first-order valence-corrected chi connectivity index (χ1v) is 13.4. The Balaban J connectivity index is 3.75. The first-order valence-electron chi connectivity index (χ1n) is 1.75. The number of thiol groups is 1. The molecule has 0 amide bonds. The third-order valence-electron chi connectivity index (χ3n) is 0.371. The standard InChI is InChI=1S/BHOS9/c1-10(2)11(4,5)9-8-7-6-3/h3H. The van der Waals surface area contributed by atoms with E-state index in [0.717, 1.165) is 0 Å². The van der Waals surface area contributed by atoms with Crippen molar-refractivity contribution >= 4 is 95.7 Å². The Morgan fingerprint density at radius 1 is 1.45 bits per heavy atom. The molecule has 11 heavy (non-hydrogen) atoms. The lowest BCUT2D eigenvalue weighted by atomic mass is 10.8. The van der Waals surface area contributed by atoms with Crippen LogP contribution >= 0.6 is 51.0 Å². The Morgan fingerprint density at radius 2 is 2.00 bits per heavy atom. The summed E-state index contributed by atoms with van der Waals surface area (Å²) in [4.78, 5) is 0. The lowest BCUT2D eigenvalue weighted by Crippen LogP contribution is -2.06. The minimum absolute atomic E-state index is 1.21. The molecular weight excluding hydrogens is 315 g/mol. The average molecular weight is 316 g/mol. The van der Waals surface area contributed by atoms with Gasteiger partial charge in [0.1, 0.15) is 5.21 Å². The predicted molar refractivity (Wildman–Crippen MR) is 75.3 cm³/mol. The molecule has 11 heteroatoms. The van der Waals surface area contributed by atoms with E-state index in [4.69, 9.17) is 29.5 Å². The van der Waals surface area contributed by atoms with Gasteiger partial charge in [0.05, 0.1) is 0 Å². The van der Waals surface area contributed by atoms with Gasteiger partial charge < -0.3 is 4.55 Å². The minimum atomic E-state index is -2.04. The second-order valence-corrected chi connectivity index (χ2v) is 20.3. The van der Waals surface area contributed by atoms with E-state index in [0.29, 0.717) is 0 Å². The Hall–Kier alpha value is 2.91. The zero-order valence-corrected chi connectivity index (χ0v) is 12.1. The highest BCUT2D eigenvalue weighted by molar-refractivity contribution is 9.49. The van der Waals surface area contributed by atoms with Crippen LogP contribution in [0.4, 0.5) is 0 Å². The molecule has 2 radical (unpaired) electrons. The van der Waals surface area contributed by atoms with Crippen LogP contribution < -0.4 is 0 Å². The lowest BCUT2D eigenvalue weighted by Gasteiger charge is -2.09. The number of rotatable bonds is 5. The van der Waals surface area contributed by atoms with Crippen molar-refractivity contribution in [2.24, 2.45) is 0 Å². The number of hydrogen-bond acceptors (Lipinski definition) is 8. The van der Waals surface area contributed by atoms with E-state index in [-0.39, 0.29) is 0 Å². The van der Waals surface area contributed by atoms with Crippen molar-refractivity contribution in [3.8, 4) is 0 Å². The SMILES string of the molecule is [B][S+]([O-])S(=S)(=S)SSSSS. The second kappa shape index (κ2) is 7.24. The van der Waals surface area contributed by atoms with E-state index in [1.54, 1.807) is 0 Å². The fourth-order valence-corrected chi connectivity index (χ4v) is 16.3. The number of hydrogen-bond donors (Lipinski definition) is 1. The summed E-state index contributed by atoms with van der Waals surface area (Å²) in [7, 11) is 8.78. The van der Waals surface area contributed by atoms with Crippen molar-refractivity contribution in [2.45, 2.75) is 0 Å². The molecule has 0 saturated carbocycles. The summed E-state index contributed by atoms with van der Waals surface area (Å²) in [6.45, 7) is 0. The normalized spacial score (nSPS) is 14.7. The highest BCUT2D eigenvalue weighted by Crippen LogP contribution is 2.48.